The number of aromatic nitrogens is 2. The van der Waals surface area contributed by atoms with Gasteiger partial charge in [0.1, 0.15) is 0 Å². The van der Waals surface area contributed by atoms with E-state index in [0.717, 1.165) is 35.7 Å². The van der Waals surface area contributed by atoms with Gasteiger partial charge in [0.25, 0.3) is 0 Å². The predicted octanol–water partition coefficient (Wildman–Crippen LogP) is 4.47. The number of nitrogens with zero attached hydrogens (tertiary/aromatic N) is 2. The summed E-state index contributed by atoms with van der Waals surface area (Å²) in [5, 5.41) is 17.5. The van der Waals surface area contributed by atoms with E-state index in [1.165, 1.54) is 0 Å². The summed E-state index contributed by atoms with van der Waals surface area (Å²) in [7, 11) is 0. The molecule has 3 N–H and O–H groups in total. The zero-order valence-electron chi connectivity index (χ0n) is 15.0. The topological polar surface area (TPSA) is 87.1 Å². The van der Waals surface area contributed by atoms with E-state index in [2.05, 4.69) is 41.4 Å². The molecular weight excluding hydrogens is 336 g/mol. The summed E-state index contributed by atoms with van der Waals surface area (Å²) in [5.74, 6) is 0. The zero-order chi connectivity index (χ0) is 18.3. The largest absolute Gasteiger partial charge is 0.465 e. The van der Waals surface area contributed by atoms with Crippen molar-refractivity contribution in [1.82, 2.24) is 15.3 Å². The number of pyridine rings is 1. The number of amides is 1. The van der Waals surface area contributed by atoms with Crippen molar-refractivity contribution in [2.45, 2.75) is 46.1 Å². The monoisotopic (exact) mass is 362 g/mol. The van der Waals surface area contributed by atoms with Gasteiger partial charge in [-0.1, -0.05) is 20.8 Å². The Balaban J connectivity index is 1.93. The Morgan fingerprint density at radius 2 is 2.16 bits per heavy atom. The molecule has 0 saturated heterocycles. The van der Waals surface area contributed by atoms with Crippen molar-refractivity contribution in [3.63, 3.8) is 0 Å². The highest BCUT2D eigenvalue weighted by Gasteiger charge is 2.25. The van der Waals surface area contributed by atoms with Crippen LogP contribution in [0.3, 0.4) is 0 Å². The second kappa shape index (κ2) is 8.80. The Kier molecular flexibility index (Phi) is 6.75. The van der Waals surface area contributed by atoms with Gasteiger partial charge in [0.2, 0.25) is 0 Å². The van der Waals surface area contributed by atoms with E-state index < -0.39 is 6.09 Å². The molecule has 2 heterocycles. The third kappa shape index (κ3) is 6.34. The highest BCUT2D eigenvalue weighted by atomic mass is 32.1. The van der Waals surface area contributed by atoms with Crippen LogP contribution in [0.25, 0.3) is 11.3 Å². The Hall–Kier alpha value is -2.15. The molecule has 7 heteroatoms. The summed E-state index contributed by atoms with van der Waals surface area (Å²) < 4.78 is 0. The van der Waals surface area contributed by atoms with Crippen molar-refractivity contribution in [2.75, 3.05) is 11.9 Å². The number of anilines is 1. The SMILES string of the molecule is CC(C)(C)C(CCCCNC(=O)O)Nc1nc(-c2cccnc2)cs1. The van der Waals surface area contributed by atoms with Crippen LogP contribution in [0.4, 0.5) is 9.93 Å². The van der Waals surface area contributed by atoms with Crippen LogP contribution in [0.15, 0.2) is 29.9 Å². The summed E-state index contributed by atoms with van der Waals surface area (Å²) in [6, 6.07) is 4.18. The maximum Gasteiger partial charge on any atom is 0.404 e. The molecule has 6 nitrogen and oxygen atoms in total. The molecule has 0 aliphatic heterocycles. The third-order valence-corrected chi connectivity index (χ3v) is 4.77. The van der Waals surface area contributed by atoms with E-state index in [0.29, 0.717) is 6.54 Å². The minimum atomic E-state index is -0.962. The van der Waals surface area contributed by atoms with Crippen molar-refractivity contribution in [1.29, 1.82) is 0 Å². The lowest BCUT2D eigenvalue weighted by molar-refractivity contribution is 0.194. The lowest BCUT2D eigenvalue weighted by Crippen LogP contribution is -2.34. The van der Waals surface area contributed by atoms with Crippen LogP contribution < -0.4 is 10.6 Å². The van der Waals surface area contributed by atoms with Crippen LogP contribution >= 0.6 is 11.3 Å². The van der Waals surface area contributed by atoms with Crippen LogP contribution in [0.1, 0.15) is 40.0 Å². The smallest absolute Gasteiger partial charge is 0.404 e. The lowest BCUT2D eigenvalue weighted by Gasteiger charge is -2.31. The van der Waals surface area contributed by atoms with Gasteiger partial charge < -0.3 is 15.7 Å². The standard InChI is InChI=1S/C18H26N4O2S/c1-18(2,3)15(8-4-5-10-20-17(23)24)22-16-21-14(12-25-16)13-7-6-9-19-11-13/h6-7,9,11-12,15,20H,4-5,8,10H2,1-3H3,(H,21,22)(H,23,24). The fourth-order valence-corrected chi connectivity index (χ4v) is 3.30. The molecular formula is C18H26N4O2S. The van der Waals surface area contributed by atoms with Crippen LogP contribution in [0.5, 0.6) is 0 Å². The first-order chi connectivity index (χ1) is 11.9. The molecule has 0 aliphatic carbocycles. The minimum absolute atomic E-state index is 0.0837. The molecule has 1 amide bonds. The molecule has 0 aromatic carbocycles. The van der Waals surface area contributed by atoms with E-state index in [1.807, 2.05) is 23.7 Å². The number of carbonyl (C=O) groups is 1. The van der Waals surface area contributed by atoms with Crippen molar-refractivity contribution >= 4 is 22.6 Å². The molecule has 0 radical (unpaired) electrons. The summed E-state index contributed by atoms with van der Waals surface area (Å²) in [6.07, 6.45) is 5.36. The molecule has 0 saturated carbocycles. The van der Waals surface area contributed by atoms with Crippen molar-refractivity contribution < 1.29 is 9.90 Å². The molecule has 1 unspecified atom stereocenters. The normalized spacial score (nSPS) is 12.6. The zero-order valence-corrected chi connectivity index (χ0v) is 15.8. The Labute approximate surface area is 152 Å². The summed E-state index contributed by atoms with van der Waals surface area (Å²) in [4.78, 5) is 19.3. The Morgan fingerprint density at radius 3 is 2.80 bits per heavy atom. The van der Waals surface area contributed by atoms with E-state index in [-0.39, 0.29) is 11.5 Å². The molecule has 0 fully saturated rings. The van der Waals surface area contributed by atoms with E-state index in [1.54, 1.807) is 17.5 Å². The lowest BCUT2D eigenvalue weighted by atomic mass is 9.84. The molecule has 0 bridgehead atoms. The van der Waals surface area contributed by atoms with Gasteiger partial charge in [-0.05, 0) is 36.8 Å². The molecule has 2 aromatic rings. The second-order valence-corrected chi connectivity index (χ2v) is 7.93. The van der Waals surface area contributed by atoms with Crippen LogP contribution in [-0.2, 0) is 0 Å². The summed E-state index contributed by atoms with van der Waals surface area (Å²) >= 11 is 1.60. The Morgan fingerprint density at radius 1 is 1.36 bits per heavy atom. The highest BCUT2D eigenvalue weighted by Crippen LogP contribution is 2.30. The quantitative estimate of drug-likeness (QED) is 0.603. The number of hydrogen-bond acceptors (Lipinski definition) is 5. The predicted molar refractivity (Wildman–Crippen MR) is 102 cm³/mol. The van der Waals surface area contributed by atoms with Gasteiger partial charge in [0, 0.05) is 35.9 Å². The third-order valence-electron chi connectivity index (χ3n) is 4.00. The number of unbranched alkanes of at least 4 members (excludes halogenated alkanes) is 1. The van der Waals surface area contributed by atoms with Gasteiger partial charge in [-0.15, -0.1) is 11.3 Å². The van der Waals surface area contributed by atoms with E-state index in [9.17, 15) is 4.79 Å². The molecule has 0 aliphatic rings. The number of thiazole rings is 1. The number of carboxylic acid groups (broad SMARTS) is 1. The fourth-order valence-electron chi connectivity index (χ4n) is 2.53. The second-order valence-electron chi connectivity index (χ2n) is 7.07. The van der Waals surface area contributed by atoms with Gasteiger partial charge >= 0.3 is 6.09 Å². The van der Waals surface area contributed by atoms with E-state index >= 15 is 0 Å². The van der Waals surface area contributed by atoms with Crippen molar-refractivity contribution in [3.05, 3.63) is 29.9 Å². The molecule has 136 valence electrons. The molecule has 2 rings (SSSR count). The van der Waals surface area contributed by atoms with E-state index in [4.69, 9.17) is 5.11 Å². The maximum atomic E-state index is 10.5. The molecule has 1 atom stereocenters. The number of rotatable bonds is 8. The van der Waals surface area contributed by atoms with Gasteiger partial charge in [-0.3, -0.25) is 4.98 Å². The summed E-state index contributed by atoms with van der Waals surface area (Å²) in [6.45, 7) is 7.11. The molecule has 2 aromatic heterocycles. The van der Waals surface area contributed by atoms with Gasteiger partial charge in [0.15, 0.2) is 5.13 Å². The maximum absolute atomic E-state index is 10.5. The van der Waals surface area contributed by atoms with Gasteiger partial charge in [-0.2, -0.15) is 0 Å². The average Bonchev–Trinajstić information content (AvgIpc) is 3.02. The van der Waals surface area contributed by atoms with Crippen molar-refractivity contribution in [3.8, 4) is 11.3 Å². The first-order valence-electron chi connectivity index (χ1n) is 8.45. The average molecular weight is 362 g/mol. The number of hydrogen-bond donors (Lipinski definition) is 3. The van der Waals surface area contributed by atoms with Gasteiger partial charge in [-0.25, -0.2) is 9.78 Å². The Bertz CT molecular complexity index is 667. The minimum Gasteiger partial charge on any atom is -0.465 e. The number of nitrogens with one attached hydrogen (secondary N) is 2. The highest BCUT2D eigenvalue weighted by molar-refractivity contribution is 7.14. The fraction of sp³-hybridized carbons (Fsp3) is 0.500. The summed E-state index contributed by atoms with van der Waals surface area (Å²) in [5.41, 5.74) is 2.03. The van der Waals surface area contributed by atoms with Crippen LogP contribution in [0, 0.1) is 5.41 Å². The van der Waals surface area contributed by atoms with Crippen LogP contribution in [0.2, 0.25) is 0 Å². The van der Waals surface area contributed by atoms with Crippen LogP contribution in [-0.4, -0.2) is 33.8 Å². The first kappa shape index (κ1) is 19.2. The molecule has 25 heavy (non-hydrogen) atoms. The molecule has 0 spiro atoms. The van der Waals surface area contributed by atoms with Crippen molar-refractivity contribution in [2.24, 2.45) is 5.41 Å². The first-order valence-corrected chi connectivity index (χ1v) is 9.33. The van der Waals surface area contributed by atoms with Gasteiger partial charge in [0.05, 0.1) is 5.69 Å².